The number of hydrogen-bond donors (Lipinski definition) is 0. The van der Waals surface area contributed by atoms with Crippen molar-refractivity contribution >= 4 is 38.9 Å². The molecule has 0 radical (unpaired) electrons. The second kappa shape index (κ2) is 9.26. The topological polar surface area (TPSA) is 49.9 Å². The van der Waals surface area contributed by atoms with Crippen LogP contribution in [0.4, 0.5) is 5.69 Å². The molecule has 0 atom stereocenters. The Labute approximate surface area is 170 Å². The Kier molecular flexibility index (Phi) is 7.00. The first kappa shape index (κ1) is 20.4. The number of sulfonamides is 1. The molecule has 0 unspecified atom stereocenters. The zero-order valence-corrected chi connectivity index (χ0v) is 17.2. The van der Waals surface area contributed by atoms with Gasteiger partial charge >= 0.3 is 0 Å². The Hall–Kier alpha value is -1.31. The lowest BCUT2D eigenvalue weighted by atomic mass is 10.2. The quantitative estimate of drug-likeness (QED) is 0.674. The highest BCUT2D eigenvalue weighted by Gasteiger charge is 2.24. The first-order chi connectivity index (χ1) is 13.0. The number of benzene rings is 2. The van der Waals surface area contributed by atoms with Gasteiger partial charge in [-0.25, -0.2) is 8.42 Å². The van der Waals surface area contributed by atoms with Crippen LogP contribution in [0.15, 0.2) is 48.5 Å². The molecular formula is C19H22Cl2N2O3S. The van der Waals surface area contributed by atoms with E-state index >= 15 is 0 Å². The lowest BCUT2D eigenvalue weighted by molar-refractivity contribution is 0.0395. The lowest BCUT2D eigenvalue weighted by Crippen LogP contribution is -2.43. The molecule has 1 heterocycles. The number of ether oxygens (including phenoxy) is 1. The number of hydrogen-bond acceptors (Lipinski definition) is 4. The molecule has 8 heteroatoms. The molecule has 1 saturated heterocycles. The summed E-state index contributed by atoms with van der Waals surface area (Å²) in [6.07, 6.45) is 0. The summed E-state index contributed by atoms with van der Waals surface area (Å²) in [7, 11) is -3.59. The van der Waals surface area contributed by atoms with Crippen molar-refractivity contribution in [3.8, 4) is 0 Å². The highest BCUT2D eigenvalue weighted by atomic mass is 35.5. The summed E-state index contributed by atoms with van der Waals surface area (Å²) in [5, 5.41) is 0.758. The van der Waals surface area contributed by atoms with E-state index < -0.39 is 10.0 Å². The van der Waals surface area contributed by atoms with Crippen LogP contribution < -0.4 is 4.31 Å². The normalized spacial score (nSPS) is 15.6. The maximum absolute atomic E-state index is 13.2. The molecule has 0 aliphatic carbocycles. The first-order valence-electron chi connectivity index (χ1n) is 8.75. The number of morpholine rings is 1. The molecule has 0 N–H and O–H groups in total. The number of nitrogens with zero attached hydrogens (tertiary/aromatic N) is 2. The minimum atomic E-state index is -3.59. The van der Waals surface area contributed by atoms with Crippen LogP contribution in [-0.2, 0) is 20.5 Å². The van der Waals surface area contributed by atoms with Gasteiger partial charge in [0.05, 0.1) is 34.7 Å². The number of halogens is 2. The van der Waals surface area contributed by atoms with Crippen molar-refractivity contribution < 1.29 is 13.2 Å². The number of anilines is 1. The molecule has 0 spiro atoms. The summed E-state index contributed by atoms with van der Waals surface area (Å²) in [5.41, 5.74) is 1.27. The van der Waals surface area contributed by atoms with Crippen molar-refractivity contribution in [3.63, 3.8) is 0 Å². The molecule has 0 bridgehead atoms. The van der Waals surface area contributed by atoms with Gasteiger partial charge in [0.2, 0.25) is 10.0 Å². The van der Waals surface area contributed by atoms with Gasteiger partial charge in [0.15, 0.2) is 0 Å². The maximum Gasteiger partial charge on any atom is 0.239 e. The van der Waals surface area contributed by atoms with E-state index in [9.17, 15) is 8.42 Å². The Morgan fingerprint density at radius 1 is 1.00 bits per heavy atom. The van der Waals surface area contributed by atoms with E-state index in [0.717, 1.165) is 13.1 Å². The van der Waals surface area contributed by atoms with Gasteiger partial charge in [0, 0.05) is 26.2 Å². The lowest BCUT2D eigenvalue weighted by Gasteiger charge is -2.30. The van der Waals surface area contributed by atoms with Gasteiger partial charge in [-0.05, 0) is 29.8 Å². The molecule has 3 rings (SSSR count). The average molecular weight is 429 g/mol. The summed E-state index contributed by atoms with van der Waals surface area (Å²) in [6, 6.07) is 14.1. The Bertz CT molecular complexity index is 857. The van der Waals surface area contributed by atoms with Crippen LogP contribution in [0.5, 0.6) is 0 Å². The van der Waals surface area contributed by atoms with E-state index in [2.05, 4.69) is 4.90 Å². The predicted molar refractivity (Wildman–Crippen MR) is 110 cm³/mol. The SMILES string of the molecule is O=S(=O)(Cc1ccc(Cl)c(Cl)c1)N(CCN1CCOCC1)c1ccccc1. The Morgan fingerprint density at radius 2 is 1.70 bits per heavy atom. The van der Waals surface area contributed by atoms with Gasteiger partial charge in [-0.15, -0.1) is 0 Å². The van der Waals surface area contributed by atoms with Crippen molar-refractivity contribution in [2.24, 2.45) is 0 Å². The summed E-state index contributed by atoms with van der Waals surface area (Å²) in [4.78, 5) is 2.22. The third-order valence-corrected chi connectivity index (χ3v) is 6.94. The summed E-state index contributed by atoms with van der Waals surface area (Å²) < 4.78 is 33.2. The van der Waals surface area contributed by atoms with Crippen LogP contribution in [-0.4, -0.2) is 52.7 Å². The maximum atomic E-state index is 13.2. The van der Waals surface area contributed by atoms with Crippen molar-refractivity contribution in [2.75, 3.05) is 43.7 Å². The van der Waals surface area contributed by atoms with Crippen LogP contribution in [0.25, 0.3) is 0 Å². The van der Waals surface area contributed by atoms with Crippen molar-refractivity contribution in [1.82, 2.24) is 4.90 Å². The minimum Gasteiger partial charge on any atom is -0.379 e. The molecule has 27 heavy (non-hydrogen) atoms. The van der Waals surface area contributed by atoms with Crippen molar-refractivity contribution in [1.29, 1.82) is 0 Å². The largest absolute Gasteiger partial charge is 0.379 e. The number of rotatable bonds is 7. The molecule has 2 aromatic rings. The van der Waals surface area contributed by atoms with E-state index in [0.29, 0.717) is 47.6 Å². The van der Waals surface area contributed by atoms with Gasteiger partial charge < -0.3 is 4.74 Å². The third-order valence-electron chi connectivity index (χ3n) is 4.44. The second-order valence-corrected chi connectivity index (χ2v) is 9.07. The first-order valence-corrected chi connectivity index (χ1v) is 11.1. The monoisotopic (exact) mass is 428 g/mol. The summed E-state index contributed by atoms with van der Waals surface area (Å²) in [5.74, 6) is -0.137. The van der Waals surface area contributed by atoms with E-state index in [1.54, 1.807) is 18.2 Å². The van der Waals surface area contributed by atoms with Gasteiger partial charge in [-0.1, -0.05) is 47.5 Å². The van der Waals surface area contributed by atoms with E-state index in [-0.39, 0.29) is 5.75 Å². The molecule has 2 aromatic carbocycles. The highest BCUT2D eigenvalue weighted by Crippen LogP contribution is 2.26. The van der Waals surface area contributed by atoms with E-state index in [4.69, 9.17) is 27.9 Å². The fourth-order valence-corrected chi connectivity index (χ4v) is 4.88. The molecule has 0 amide bonds. The molecule has 1 aliphatic heterocycles. The molecule has 1 aliphatic rings. The predicted octanol–water partition coefficient (Wildman–Crippen LogP) is 3.66. The van der Waals surface area contributed by atoms with Crippen LogP contribution >= 0.6 is 23.2 Å². The summed E-state index contributed by atoms with van der Waals surface area (Å²) in [6.45, 7) is 4.03. The minimum absolute atomic E-state index is 0.137. The zero-order chi connectivity index (χ0) is 19.3. The Balaban J connectivity index is 1.80. The van der Waals surface area contributed by atoms with E-state index in [1.165, 1.54) is 4.31 Å². The van der Waals surface area contributed by atoms with Gasteiger partial charge in [-0.3, -0.25) is 9.21 Å². The molecule has 1 fully saturated rings. The molecule has 0 aromatic heterocycles. The van der Waals surface area contributed by atoms with Gasteiger partial charge in [0.1, 0.15) is 0 Å². The smallest absolute Gasteiger partial charge is 0.239 e. The van der Waals surface area contributed by atoms with Crippen LogP contribution in [0, 0.1) is 0 Å². The van der Waals surface area contributed by atoms with Gasteiger partial charge in [-0.2, -0.15) is 0 Å². The zero-order valence-electron chi connectivity index (χ0n) is 14.9. The van der Waals surface area contributed by atoms with Crippen molar-refractivity contribution in [3.05, 3.63) is 64.1 Å². The Morgan fingerprint density at radius 3 is 2.37 bits per heavy atom. The molecular weight excluding hydrogens is 407 g/mol. The molecule has 146 valence electrons. The van der Waals surface area contributed by atoms with E-state index in [1.807, 2.05) is 30.3 Å². The number of para-hydroxylation sites is 1. The van der Waals surface area contributed by atoms with Gasteiger partial charge in [0.25, 0.3) is 0 Å². The molecule has 5 nitrogen and oxygen atoms in total. The average Bonchev–Trinajstić information content (AvgIpc) is 2.66. The second-order valence-electron chi connectivity index (χ2n) is 6.37. The highest BCUT2D eigenvalue weighted by molar-refractivity contribution is 7.92. The van der Waals surface area contributed by atoms with Crippen molar-refractivity contribution in [2.45, 2.75) is 5.75 Å². The summed E-state index contributed by atoms with van der Waals surface area (Å²) >= 11 is 12.0. The fourth-order valence-electron chi connectivity index (χ4n) is 3.00. The fraction of sp³-hybridized carbons (Fsp3) is 0.368. The standard InChI is InChI=1S/C19H22Cl2N2O3S/c20-18-7-6-16(14-19(18)21)15-27(24,25)23(17-4-2-1-3-5-17)9-8-22-10-12-26-13-11-22/h1-7,14H,8-13,15H2. The van der Waals surface area contributed by atoms with Crippen LogP contribution in [0.3, 0.4) is 0 Å². The van der Waals surface area contributed by atoms with Crippen LogP contribution in [0.2, 0.25) is 10.0 Å². The third kappa shape index (κ3) is 5.59. The van der Waals surface area contributed by atoms with Crippen LogP contribution in [0.1, 0.15) is 5.56 Å². The molecule has 0 saturated carbocycles.